The quantitative estimate of drug-likeness (QED) is 0.491. The van der Waals surface area contributed by atoms with Gasteiger partial charge in [-0.25, -0.2) is 4.98 Å². The number of rotatable bonds is 8. The van der Waals surface area contributed by atoms with Gasteiger partial charge in [0.1, 0.15) is 0 Å². The lowest BCUT2D eigenvalue weighted by molar-refractivity contribution is 0.0986. The van der Waals surface area contributed by atoms with Crippen molar-refractivity contribution in [2.75, 3.05) is 46.3 Å². The first-order valence-corrected chi connectivity index (χ1v) is 11.9. The van der Waals surface area contributed by atoms with Gasteiger partial charge in [0.2, 0.25) is 0 Å². The predicted octanol–water partition coefficient (Wildman–Crippen LogP) is 4.79. The van der Waals surface area contributed by atoms with Gasteiger partial charge in [0.25, 0.3) is 5.91 Å². The van der Waals surface area contributed by atoms with E-state index in [9.17, 15) is 4.79 Å². The highest BCUT2D eigenvalue weighted by Crippen LogP contribution is 2.37. The molecule has 0 N–H and O–H groups in total. The van der Waals surface area contributed by atoms with Crippen LogP contribution in [0.4, 0.5) is 5.13 Å². The molecule has 0 unspecified atom stereocenters. The fourth-order valence-electron chi connectivity index (χ4n) is 4.21. The molecule has 0 saturated carbocycles. The fourth-order valence-corrected chi connectivity index (χ4v) is 5.21. The van der Waals surface area contributed by atoms with E-state index < -0.39 is 0 Å². The number of benzene rings is 2. The molecule has 2 aromatic carbocycles. The Bertz CT molecular complexity index is 1070. The van der Waals surface area contributed by atoms with E-state index in [0.717, 1.165) is 41.6 Å². The van der Waals surface area contributed by atoms with Crippen molar-refractivity contribution in [3.8, 4) is 11.5 Å². The number of nitrogens with zero attached hydrogens (tertiary/aromatic N) is 3. The van der Waals surface area contributed by atoms with Crippen LogP contribution in [0.15, 0.2) is 30.3 Å². The zero-order chi connectivity index (χ0) is 22.7. The number of ether oxygens (including phenoxy) is 2. The standard InChI is InChI=1S/C25H31N3O3S/c1-27(2)12-7-13-28(24(29)19-11-10-17-8-5-6-9-18(17)14-19)25-26-20-15-21(30-3)22(31-4)16-23(20)32-25/h10-11,14-16H,5-9,12-13H2,1-4H3. The second-order valence-corrected chi connectivity index (χ2v) is 9.48. The van der Waals surface area contributed by atoms with Crippen molar-refractivity contribution in [1.82, 2.24) is 9.88 Å². The molecule has 3 aromatic rings. The number of thiazole rings is 1. The molecule has 32 heavy (non-hydrogen) atoms. The molecule has 170 valence electrons. The van der Waals surface area contributed by atoms with Crippen LogP contribution in [-0.2, 0) is 12.8 Å². The van der Waals surface area contributed by atoms with Gasteiger partial charge < -0.3 is 14.4 Å². The minimum atomic E-state index is 0.00937. The third-order valence-corrected chi connectivity index (χ3v) is 6.98. The maximum absolute atomic E-state index is 13.7. The highest BCUT2D eigenvalue weighted by molar-refractivity contribution is 7.22. The summed E-state index contributed by atoms with van der Waals surface area (Å²) in [5, 5.41) is 0.705. The molecule has 1 aliphatic carbocycles. The number of fused-ring (bicyclic) bond motifs is 2. The molecule has 6 nitrogen and oxygen atoms in total. The lowest BCUT2D eigenvalue weighted by atomic mass is 9.90. The van der Waals surface area contributed by atoms with E-state index in [-0.39, 0.29) is 5.91 Å². The number of hydrogen-bond donors (Lipinski definition) is 0. The Hall–Kier alpha value is -2.64. The second kappa shape index (κ2) is 9.88. The largest absolute Gasteiger partial charge is 0.493 e. The first-order valence-electron chi connectivity index (χ1n) is 11.1. The SMILES string of the molecule is COc1cc2nc(N(CCCN(C)C)C(=O)c3ccc4c(c3)CCCC4)sc2cc1OC. The van der Waals surface area contributed by atoms with Crippen LogP contribution < -0.4 is 14.4 Å². The summed E-state index contributed by atoms with van der Waals surface area (Å²) in [6.45, 7) is 1.52. The summed E-state index contributed by atoms with van der Waals surface area (Å²) in [7, 11) is 7.33. The number of carbonyl (C=O) groups is 1. The number of amides is 1. The zero-order valence-electron chi connectivity index (χ0n) is 19.3. The van der Waals surface area contributed by atoms with Crippen LogP contribution in [0.2, 0.25) is 0 Å². The van der Waals surface area contributed by atoms with Gasteiger partial charge in [0.05, 0.1) is 24.4 Å². The van der Waals surface area contributed by atoms with E-state index in [2.05, 4.69) is 17.0 Å². The van der Waals surface area contributed by atoms with Gasteiger partial charge in [0.15, 0.2) is 16.6 Å². The van der Waals surface area contributed by atoms with Gasteiger partial charge in [-0.15, -0.1) is 0 Å². The molecule has 0 radical (unpaired) electrons. The molecule has 0 fully saturated rings. The first kappa shape index (κ1) is 22.6. The third-order valence-electron chi connectivity index (χ3n) is 5.94. The molecule has 0 aliphatic heterocycles. The van der Waals surface area contributed by atoms with Crippen molar-refractivity contribution >= 4 is 32.6 Å². The van der Waals surface area contributed by atoms with Gasteiger partial charge in [-0.3, -0.25) is 9.69 Å². The topological polar surface area (TPSA) is 54.9 Å². The van der Waals surface area contributed by atoms with Crippen LogP contribution >= 0.6 is 11.3 Å². The maximum Gasteiger partial charge on any atom is 0.260 e. The summed E-state index contributed by atoms with van der Waals surface area (Å²) in [4.78, 5) is 22.4. The molecule has 4 rings (SSSR count). The van der Waals surface area contributed by atoms with Crippen molar-refractivity contribution in [2.24, 2.45) is 0 Å². The van der Waals surface area contributed by atoms with Crippen LogP contribution in [0.1, 0.15) is 40.7 Å². The predicted molar refractivity (Wildman–Crippen MR) is 131 cm³/mol. The van der Waals surface area contributed by atoms with Gasteiger partial charge in [-0.2, -0.15) is 0 Å². The summed E-state index contributed by atoms with van der Waals surface area (Å²) in [5.74, 6) is 1.31. The Morgan fingerprint density at radius 3 is 2.44 bits per heavy atom. The summed E-state index contributed by atoms with van der Waals surface area (Å²) < 4.78 is 11.8. The minimum Gasteiger partial charge on any atom is -0.493 e. The van der Waals surface area contributed by atoms with E-state index in [1.165, 1.54) is 35.3 Å². The van der Waals surface area contributed by atoms with Crippen molar-refractivity contribution in [1.29, 1.82) is 0 Å². The normalized spacial score (nSPS) is 13.3. The smallest absolute Gasteiger partial charge is 0.260 e. The first-order chi connectivity index (χ1) is 15.5. The number of aryl methyl sites for hydroxylation is 2. The monoisotopic (exact) mass is 453 g/mol. The van der Waals surface area contributed by atoms with E-state index in [4.69, 9.17) is 14.5 Å². The second-order valence-electron chi connectivity index (χ2n) is 8.48. The van der Waals surface area contributed by atoms with Crippen LogP contribution in [-0.4, -0.2) is 57.2 Å². The van der Waals surface area contributed by atoms with Gasteiger partial charge >= 0.3 is 0 Å². The van der Waals surface area contributed by atoms with E-state index in [0.29, 0.717) is 23.2 Å². The summed E-state index contributed by atoms with van der Waals surface area (Å²) in [6, 6.07) is 10.0. The Morgan fingerprint density at radius 1 is 1.00 bits per heavy atom. The zero-order valence-corrected chi connectivity index (χ0v) is 20.1. The van der Waals surface area contributed by atoms with Gasteiger partial charge in [0, 0.05) is 24.2 Å². The highest BCUT2D eigenvalue weighted by Gasteiger charge is 2.23. The number of aromatic nitrogens is 1. The molecule has 1 amide bonds. The Balaban J connectivity index is 1.69. The van der Waals surface area contributed by atoms with Crippen LogP contribution in [0, 0.1) is 0 Å². The lowest BCUT2D eigenvalue weighted by Gasteiger charge is -2.22. The maximum atomic E-state index is 13.7. The van der Waals surface area contributed by atoms with E-state index in [1.54, 1.807) is 14.2 Å². The van der Waals surface area contributed by atoms with Gasteiger partial charge in [-0.1, -0.05) is 17.4 Å². The van der Waals surface area contributed by atoms with Crippen LogP contribution in [0.5, 0.6) is 11.5 Å². The minimum absolute atomic E-state index is 0.00937. The summed E-state index contributed by atoms with van der Waals surface area (Å²) in [5.41, 5.74) is 4.24. The molecular formula is C25H31N3O3S. The number of methoxy groups -OCH3 is 2. The third kappa shape index (κ3) is 4.74. The number of anilines is 1. The molecule has 0 atom stereocenters. The lowest BCUT2D eigenvalue weighted by Crippen LogP contribution is -2.33. The molecule has 1 aliphatic rings. The molecular weight excluding hydrogens is 422 g/mol. The molecule has 0 bridgehead atoms. The van der Waals surface area contributed by atoms with Crippen molar-refractivity contribution in [3.63, 3.8) is 0 Å². The van der Waals surface area contributed by atoms with Crippen molar-refractivity contribution < 1.29 is 14.3 Å². The molecule has 1 aromatic heterocycles. The molecule has 1 heterocycles. The average molecular weight is 454 g/mol. The molecule has 0 spiro atoms. The number of hydrogen-bond acceptors (Lipinski definition) is 6. The fraction of sp³-hybridized carbons (Fsp3) is 0.440. The average Bonchev–Trinajstić information content (AvgIpc) is 3.22. The van der Waals surface area contributed by atoms with Gasteiger partial charge in [-0.05, 0) is 76.0 Å². The van der Waals surface area contributed by atoms with Crippen molar-refractivity contribution in [3.05, 3.63) is 47.0 Å². The van der Waals surface area contributed by atoms with Crippen LogP contribution in [0.25, 0.3) is 10.2 Å². The molecule has 7 heteroatoms. The number of carbonyl (C=O) groups excluding carboxylic acids is 1. The van der Waals surface area contributed by atoms with E-state index in [1.807, 2.05) is 37.2 Å². The van der Waals surface area contributed by atoms with Crippen LogP contribution in [0.3, 0.4) is 0 Å². The van der Waals surface area contributed by atoms with E-state index >= 15 is 0 Å². The summed E-state index contributed by atoms with van der Waals surface area (Å²) >= 11 is 1.51. The summed E-state index contributed by atoms with van der Waals surface area (Å²) in [6.07, 6.45) is 5.45. The Labute approximate surface area is 193 Å². The van der Waals surface area contributed by atoms with Crippen molar-refractivity contribution in [2.45, 2.75) is 32.1 Å². The Kier molecular flexibility index (Phi) is 6.96. The highest BCUT2D eigenvalue weighted by atomic mass is 32.1. The molecule has 0 saturated heterocycles. The Morgan fingerprint density at radius 2 is 1.72 bits per heavy atom.